The zero-order valence-electron chi connectivity index (χ0n) is 26.8. The Morgan fingerprint density at radius 3 is 1.74 bits per heavy atom. The molecule has 1 aliphatic rings. The van der Waals surface area contributed by atoms with Gasteiger partial charge in [0.2, 0.25) is 10.0 Å². The Kier molecular flexibility index (Phi) is 11.6. The van der Waals surface area contributed by atoms with E-state index < -0.39 is 16.1 Å². The number of sulfonamides is 1. The highest BCUT2D eigenvalue weighted by molar-refractivity contribution is 7.89. The maximum Gasteiger partial charge on any atom is 0.241 e. The minimum absolute atomic E-state index is 0.0601. The summed E-state index contributed by atoms with van der Waals surface area (Å²) in [6.07, 6.45) is 10.9. The van der Waals surface area contributed by atoms with E-state index in [2.05, 4.69) is 94.1 Å². The van der Waals surface area contributed by atoms with Crippen molar-refractivity contribution in [1.29, 1.82) is 0 Å². The maximum atomic E-state index is 14.7. The molecule has 4 rings (SSSR count). The maximum absolute atomic E-state index is 14.7. The van der Waals surface area contributed by atoms with E-state index in [1.54, 1.807) is 0 Å². The molecule has 0 amide bonds. The lowest BCUT2D eigenvalue weighted by Gasteiger charge is -2.31. The van der Waals surface area contributed by atoms with Crippen LogP contribution in [0.1, 0.15) is 125 Å². The Balaban J connectivity index is 1.75. The summed E-state index contributed by atoms with van der Waals surface area (Å²) >= 11 is 0. The van der Waals surface area contributed by atoms with Crippen molar-refractivity contribution >= 4 is 10.0 Å². The second kappa shape index (κ2) is 15.1. The molecule has 0 saturated heterocycles. The second-order valence-corrected chi connectivity index (χ2v) is 14.4. The van der Waals surface area contributed by atoms with Gasteiger partial charge < -0.3 is 5.32 Å². The Morgan fingerprint density at radius 1 is 0.698 bits per heavy atom. The first-order valence-electron chi connectivity index (χ1n) is 15.9. The molecular weight excluding hydrogens is 548 g/mol. The Labute approximate surface area is 260 Å². The van der Waals surface area contributed by atoms with Crippen LogP contribution >= 0.6 is 0 Å². The second-order valence-electron chi connectivity index (χ2n) is 12.7. The van der Waals surface area contributed by atoms with Gasteiger partial charge in [-0.05, 0) is 77.8 Å². The van der Waals surface area contributed by atoms with Crippen LogP contribution in [0.4, 0.5) is 0 Å². The largest absolute Gasteiger partial charge is 0.308 e. The van der Waals surface area contributed by atoms with Crippen LogP contribution in [0.3, 0.4) is 0 Å². The number of nitrogens with one attached hydrogen (secondary N) is 2. The van der Waals surface area contributed by atoms with Gasteiger partial charge in [-0.2, -0.15) is 0 Å². The summed E-state index contributed by atoms with van der Waals surface area (Å²) in [5, 5.41) is 3.77. The van der Waals surface area contributed by atoms with Gasteiger partial charge in [-0.1, -0.05) is 138 Å². The fourth-order valence-electron chi connectivity index (χ4n) is 5.93. The highest BCUT2D eigenvalue weighted by Gasteiger charge is 2.33. The quantitative estimate of drug-likeness (QED) is 0.144. The molecule has 2 atom stereocenters. The number of hydrogen-bond donors (Lipinski definition) is 2. The molecule has 0 radical (unpaired) electrons. The zero-order chi connectivity index (χ0) is 31.0. The van der Waals surface area contributed by atoms with E-state index in [0.29, 0.717) is 10.8 Å². The summed E-state index contributed by atoms with van der Waals surface area (Å²) in [7, 11) is -3.91. The van der Waals surface area contributed by atoms with Crippen LogP contribution in [0.15, 0.2) is 101 Å². The summed E-state index contributed by atoms with van der Waals surface area (Å²) in [5.41, 5.74) is 6.42. The van der Waals surface area contributed by atoms with Gasteiger partial charge in [-0.15, -0.1) is 0 Å². The van der Waals surface area contributed by atoms with Crippen molar-refractivity contribution in [3.8, 4) is 0 Å². The third-order valence-corrected chi connectivity index (χ3v) is 9.98. The summed E-state index contributed by atoms with van der Waals surface area (Å²) in [6.45, 7) is 13.5. The number of allylic oxidation sites excluding steroid dienone is 4. The van der Waals surface area contributed by atoms with Crippen LogP contribution in [0.2, 0.25) is 0 Å². The molecule has 4 nitrogen and oxygen atoms in total. The number of hydrogen-bond acceptors (Lipinski definition) is 3. The lowest BCUT2D eigenvalue weighted by atomic mass is 9.89. The van der Waals surface area contributed by atoms with E-state index in [-0.39, 0.29) is 17.9 Å². The highest BCUT2D eigenvalue weighted by Crippen LogP contribution is 2.37. The highest BCUT2D eigenvalue weighted by atomic mass is 32.2. The lowest BCUT2D eigenvalue weighted by molar-refractivity contribution is 0.419. The molecule has 0 unspecified atom stereocenters. The average molecular weight is 599 g/mol. The normalized spacial score (nSPS) is 15.2. The predicted molar refractivity (Wildman–Crippen MR) is 181 cm³/mol. The fourth-order valence-corrected chi connectivity index (χ4v) is 7.86. The molecule has 0 bridgehead atoms. The molecule has 1 aliphatic carbocycles. The van der Waals surface area contributed by atoms with Crippen molar-refractivity contribution in [2.24, 2.45) is 0 Å². The third kappa shape index (κ3) is 8.56. The molecule has 0 spiro atoms. The SMILES string of the molecule is CC(C)c1cc(C(C)C)c(S(=O)(=O)N[C@@H](c2ccccc2)[C@H](NCCCC2=CCC=CC2)c2ccccc2)c(C(C)C)c1. The van der Waals surface area contributed by atoms with Crippen LogP contribution in [-0.4, -0.2) is 15.0 Å². The monoisotopic (exact) mass is 598 g/mol. The summed E-state index contributed by atoms with van der Waals surface area (Å²) in [5.74, 6) is 0.429. The summed E-state index contributed by atoms with van der Waals surface area (Å²) in [6, 6.07) is 23.7. The van der Waals surface area contributed by atoms with E-state index in [4.69, 9.17) is 0 Å². The smallest absolute Gasteiger partial charge is 0.241 e. The first-order valence-corrected chi connectivity index (χ1v) is 17.4. The fraction of sp³-hybridized carbons (Fsp3) is 0.421. The molecule has 2 N–H and O–H groups in total. The molecule has 0 fully saturated rings. The van der Waals surface area contributed by atoms with Crippen molar-refractivity contribution in [1.82, 2.24) is 10.0 Å². The van der Waals surface area contributed by atoms with E-state index in [1.807, 2.05) is 48.5 Å². The topological polar surface area (TPSA) is 58.2 Å². The Morgan fingerprint density at radius 2 is 1.26 bits per heavy atom. The van der Waals surface area contributed by atoms with Crippen LogP contribution in [0, 0.1) is 0 Å². The first kappa shape index (κ1) is 32.9. The van der Waals surface area contributed by atoms with Gasteiger partial charge in [0, 0.05) is 0 Å². The molecule has 0 aliphatic heterocycles. The Bertz CT molecular complexity index is 1460. The van der Waals surface area contributed by atoms with Crippen LogP contribution < -0.4 is 10.0 Å². The predicted octanol–water partition coefficient (Wildman–Crippen LogP) is 9.46. The molecule has 3 aromatic rings. The minimum atomic E-state index is -3.91. The molecule has 5 heteroatoms. The first-order chi connectivity index (χ1) is 20.6. The van der Waals surface area contributed by atoms with Crippen molar-refractivity contribution in [3.05, 3.63) is 124 Å². The number of rotatable bonds is 14. The molecule has 3 aromatic carbocycles. The molecule has 0 saturated carbocycles. The lowest BCUT2D eigenvalue weighted by Crippen LogP contribution is -2.39. The Hall–Kier alpha value is -2.99. The molecule has 0 aromatic heterocycles. The molecular formula is C38H50N2O2S. The van der Waals surface area contributed by atoms with Gasteiger partial charge in [-0.25, -0.2) is 13.1 Å². The number of benzene rings is 3. The van der Waals surface area contributed by atoms with E-state index >= 15 is 0 Å². The summed E-state index contributed by atoms with van der Waals surface area (Å²) < 4.78 is 32.6. The summed E-state index contributed by atoms with van der Waals surface area (Å²) in [4.78, 5) is 0.437. The van der Waals surface area contributed by atoms with Crippen molar-refractivity contribution in [2.75, 3.05) is 6.54 Å². The van der Waals surface area contributed by atoms with Crippen molar-refractivity contribution in [3.63, 3.8) is 0 Å². The van der Waals surface area contributed by atoms with Gasteiger partial charge in [0.05, 0.1) is 17.0 Å². The van der Waals surface area contributed by atoms with Gasteiger partial charge in [0.15, 0.2) is 0 Å². The van der Waals surface area contributed by atoms with Gasteiger partial charge in [0.25, 0.3) is 0 Å². The minimum Gasteiger partial charge on any atom is -0.308 e. The van der Waals surface area contributed by atoms with Crippen LogP contribution in [-0.2, 0) is 10.0 Å². The van der Waals surface area contributed by atoms with Crippen LogP contribution in [0.5, 0.6) is 0 Å². The van der Waals surface area contributed by atoms with E-state index in [1.165, 1.54) is 11.1 Å². The standard InChI is InChI=1S/C38H50N2O2S/c1-27(2)33-25-34(28(3)4)38(35(26-33)29(5)6)43(41,42)40-37(32-22-14-9-15-23-32)36(31-20-12-8-13-21-31)39-24-16-19-30-17-10-7-11-18-30/h7-10,12-15,18,20-23,25-29,36-37,39-40H,11,16-17,19,24H2,1-6H3/t36-,37+/m1/s1. The van der Waals surface area contributed by atoms with Crippen LogP contribution in [0.25, 0.3) is 0 Å². The molecule has 0 heterocycles. The van der Waals surface area contributed by atoms with Crippen molar-refractivity contribution < 1.29 is 8.42 Å². The molecule has 230 valence electrons. The van der Waals surface area contributed by atoms with Crippen molar-refractivity contribution in [2.45, 2.75) is 102 Å². The third-order valence-electron chi connectivity index (χ3n) is 8.41. The molecule has 43 heavy (non-hydrogen) atoms. The van der Waals surface area contributed by atoms with E-state index in [9.17, 15) is 8.42 Å². The van der Waals surface area contributed by atoms with Gasteiger partial charge >= 0.3 is 0 Å². The van der Waals surface area contributed by atoms with Gasteiger partial charge in [0.1, 0.15) is 0 Å². The zero-order valence-corrected chi connectivity index (χ0v) is 27.6. The average Bonchev–Trinajstić information content (AvgIpc) is 3.00. The van der Waals surface area contributed by atoms with Gasteiger partial charge in [-0.3, -0.25) is 0 Å². The van der Waals surface area contributed by atoms with E-state index in [0.717, 1.165) is 54.5 Å².